The molecule has 3 aromatic rings. The van der Waals surface area contributed by atoms with Crippen LogP contribution in [-0.4, -0.2) is 48.0 Å². The van der Waals surface area contributed by atoms with E-state index in [1.54, 1.807) is 14.2 Å². The molecule has 1 aromatic heterocycles. The first-order chi connectivity index (χ1) is 14.2. The van der Waals surface area contributed by atoms with Gasteiger partial charge in [0.1, 0.15) is 11.6 Å². The average molecular weight is 390 g/mol. The maximum Gasteiger partial charge on any atom is 0.182 e. The van der Waals surface area contributed by atoms with E-state index in [9.17, 15) is 4.79 Å². The zero-order chi connectivity index (χ0) is 20.0. The molecule has 0 spiro atoms. The van der Waals surface area contributed by atoms with Crippen molar-refractivity contribution in [1.29, 1.82) is 0 Å². The number of methoxy groups -OCH3 is 2. The molecule has 0 radical (unpaired) electrons. The van der Waals surface area contributed by atoms with Crippen molar-refractivity contribution in [2.24, 2.45) is 0 Å². The largest absolute Gasteiger partial charge is 0.493 e. The fraction of sp³-hybridized carbons (Fsp3) is 0.318. The van der Waals surface area contributed by atoms with Crippen LogP contribution in [0, 0.1) is 0 Å². The van der Waals surface area contributed by atoms with Gasteiger partial charge >= 0.3 is 0 Å². The predicted molar refractivity (Wildman–Crippen MR) is 110 cm³/mol. The van der Waals surface area contributed by atoms with Crippen LogP contribution >= 0.6 is 0 Å². The van der Waals surface area contributed by atoms with E-state index in [0.717, 1.165) is 53.6 Å². The molecule has 5 rings (SSSR count). The molecule has 0 saturated carbocycles. The van der Waals surface area contributed by atoms with Crippen molar-refractivity contribution in [3.05, 3.63) is 52.8 Å². The highest BCUT2D eigenvalue weighted by Crippen LogP contribution is 2.36. The number of hydrogen-bond acceptors (Lipinski definition) is 7. The zero-order valence-electron chi connectivity index (χ0n) is 16.5. The summed E-state index contributed by atoms with van der Waals surface area (Å²) in [5.41, 5.74) is 3.96. The van der Waals surface area contributed by atoms with E-state index in [1.165, 1.54) is 11.1 Å². The van der Waals surface area contributed by atoms with Crippen molar-refractivity contribution in [3.8, 4) is 11.5 Å². The Morgan fingerprint density at radius 3 is 2.86 bits per heavy atom. The molecule has 2 aromatic carbocycles. The van der Waals surface area contributed by atoms with E-state index in [0.29, 0.717) is 12.1 Å². The Morgan fingerprint density at radius 2 is 2.03 bits per heavy atom. The molecule has 2 aliphatic rings. The van der Waals surface area contributed by atoms with Crippen molar-refractivity contribution in [2.75, 3.05) is 32.6 Å². The van der Waals surface area contributed by atoms with Gasteiger partial charge in [-0.15, -0.1) is 0 Å². The Kier molecular flexibility index (Phi) is 4.32. The number of ether oxygens (including phenoxy) is 2. The molecule has 0 aliphatic carbocycles. The number of nitrogens with one attached hydrogen (secondary N) is 1. The molecule has 1 N–H and O–H groups in total. The fourth-order valence-corrected chi connectivity index (χ4v) is 4.30. The SMILES string of the molecule is COc1ccc2c(c1OC)CCN(Cc1nc3c4c(cccc4n1)C(=O)CN3)C2. The van der Waals surface area contributed by atoms with Gasteiger partial charge in [-0.25, -0.2) is 9.97 Å². The van der Waals surface area contributed by atoms with E-state index in [2.05, 4.69) is 16.3 Å². The highest BCUT2D eigenvalue weighted by molar-refractivity contribution is 6.15. The molecule has 148 valence electrons. The van der Waals surface area contributed by atoms with Crippen LogP contribution in [0.4, 0.5) is 5.82 Å². The Morgan fingerprint density at radius 1 is 1.14 bits per heavy atom. The summed E-state index contributed by atoms with van der Waals surface area (Å²) < 4.78 is 11.0. The number of ketones is 1. The van der Waals surface area contributed by atoms with Gasteiger partial charge < -0.3 is 14.8 Å². The molecule has 0 saturated heterocycles. The van der Waals surface area contributed by atoms with Crippen LogP contribution in [-0.2, 0) is 19.5 Å². The molecule has 0 amide bonds. The van der Waals surface area contributed by atoms with Crippen LogP contribution in [0.5, 0.6) is 11.5 Å². The maximum atomic E-state index is 12.1. The van der Waals surface area contributed by atoms with Crippen LogP contribution < -0.4 is 14.8 Å². The molecular formula is C22H22N4O3. The van der Waals surface area contributed by atoms with Gasteiger partial charge in [0, 0.05) is 24.2 Å². The number of aromatic nitrogens is 2. The number of rotatable bonds is 4. The minimum Gasteiger partial charge on any atom is -0.493 e. The van der Waals surface area contributed by atoms with Crippen LogP contribution in [0.15, 0.2) is 30.3 Å². The topological polar surface area (TPSA) is 76.6 Å². The third kappa shape index (κ3) is 2.98. The summed E-state index contributed by atoms with van der Waals surface area (Å²) in [5.74, 6) is 3.20. The minimum absolute atomic E-state index is 0.0801. The molecule has 7 heteroatoms. The van der Waals surface area contributed by atoms with Gasteiger partial charge in [0.25, 0.3) is 0 Å². The number of hydrogen-bond donors (Lipinski definition) is 1. The molecule has 29 heavy (non-hydrogen) atoms. The quantitative estimate of drug-likeness (QED) is 0.734. The molecule has 0 bridgehead atoms. The molecule has 0 fully saturated rings. The molecular weight excluding hydrogens is 368 g/mol. The van der Waals surface area contributed by atoms with Crippen molar-refractivity contribution in [1.82, 2.24) is 14.9 Å². The van der Waals surface area contributed by atoms with Gasteiger partial charge in [0.05, 0.1) is 38.2 Å². The second kappa shape index (κ2) is 7.00. The van der Waals surface area contributed by atoms with E-state index >= 15 is 0 Å². The lowest BCUT2D eigenvalue weighted by atomic mass is 9.98. The van der Waals surface area contributed by atoms with Gasteiger partial charge in [-0.1, -0.05) is 18.2 Å². The minimum atomic E-state index is 0.0801. The number of fused-ring (bicyclic) bond motifs is 1. The summed E-state index contributed by atoms with van der Waals surface area (Å²) in [6.07, 6.45) is 0.882. The lowest BCUT2D eigenvalue weighted by Gasteiger charge is -2.30. The van der Waals surface area contributed by atoms with Gasteiger partial charge in [0.2, 0.25) is 0 Å². The molecule has 0 atom stereocenters. The number of anilines is 1. The standard InChI is InChI=1S/C22H22N4O3/c1-28-18-7-6-13-11-26(9-8-14(13)21(18)29-2)12-19-24-16-5-3-4-15-17(27)10-23-22(25-19)20(15)16/h3-7H,8-12H2,1-2H3,(H,23,24,25). The number of nitrogens with zero attached hydrogens (tertiary/aromatic N) is 3. The molecule has 0 unspecified atom stereocenters. The molecule has 2 aliphatic heterocycles. The maximum absolute atomic E-state index is 12.1. The first-order valence-corrected chi connectivity index (χ1v) is 9.69. The van der Waals surface area contributed by atoms with Crippen LogP contribution in [0.1, 0.15) is 27.3 Å². The van der Waals surface area contributed by atoms with Crippen LogP contribution in [0.2, 0.25) is 0 Å². The average Bonchev–Trinajstić information content (AvgIpc) is 2.75. The van der Waals surface area contributed by atoms with E-state index in [4.69, 9.17) is 19.4 Å². The summed E-state index contributed by atoms with van der Waals surface area (Å²) in [5, 5.41) is 3.98. The van der Waals surface area contributed by atoms with Gasteiger partial charge in [-0.05, 0) is 24.1 Å². The van der Waals surface area contributed by atoms with Crippen LogP contribution in [0.25, 0.3) is 10.9 Å². The van der Waals surface area contributed by atoms with E-state index in [-0.39, 0.29) is 12.3 Å². The second-order valence-corrected chi connectivity index (χ2v) is 7.36. The lowest BCUT2D eigenvalue weighted by molar-refractivity contribution is 0.101. The van der Waals surface area contributed by atoms with E-state index in [1.807, 2.05) is 24.3 Å². The highest BCUT2D eigenvalue weighted by Gasteiger charge is 2.25. The second-order valence-electron chi connectivity index (χ2n) is 7.36. The number of benzene rings is 2. The first kappa shape index (κ1) is 17.9. The summed E-state index contributed by atoms with van der Waals surface area (Å²) >= 11 is 0. The summed E-state index contributed by atoms with van der Waals surface area (Å²) in [7, 11) is 3.35. The smallest absolute Gasteiger partial charge is 0.182 e. The number of Topliss-reactive ketones (excluding diaryl/α,β-unsaturated/α-hetero) is 1. The Bertz CT molecular complexity index is 1130. The normalized spacial score (nSPS) is 15.7. The fourth-order valence-electron chi connectivity index (χ4n) is 4.30. The number of carbonyl (C=O) groups is 1. The van der Waals surface area contributed by atoms with Gasteiger partial charge in [-0.3, -0.25) is 9.69 Å². The van der Waals surface area contributed by atoms with Gasteiger partial charge in [0.15, 0.2) is 17.3 Å². The Hall–Kier alpha value is -3.19. The van der Waals surface area contributed by atoms with Crippen molar-refractivity contribution in [2.45, 2.75) is 19.5 Å². The summed E-state index contributed by atoms with van der Waals surface area (Å²) in [6, 6.07) is 9.74. The zero-order valence-corrected chi connectivity index (χ0v) is 16.5. The molecule has 7 nitrogen and oxygen atoms in total. The lowest BCUT2D eigenvalue weighted by Crippen LogP contribution is -2.31. The van der Waals surface area contributed by atoms with Crippen molar-refractivity contribution < 1.29 is 14.3 Å². The Labute approximate surface area is 168 Å². The van der Waals surface area contributed by atoms with Crippen molar-refractivity contribution in [3.63, 3.8) is 0 Å². The summed E-state index contributed by atoms with van der Waals surface area (Å²) in [4.78, 5) is 23.9. The summed E-state index contributed by atoms with van der Waals surface area (Å²) in [6.45, 7) is 2.62. The van der Waals surface area contributed by atoms with Crippen LogP contribution in [0.3, 0.4) is 0 Å². The van der Waals surface area contributed by atoms with Crippen molar-refractivity contribution >= 4 is 22.5 Å². The monoisotopic (exact) mass is 390 g/mol. The molecule has 3 heterocycles. The third-order valence-electron chi connectivity index (χ3n) is 5.67. The predicted octanol–water partition coefficient (Wildman–Crippen LogP) is 2.81. The van der Waals surface area contributed by atoms with E-state index < -0.39 is 0 Å². The Balaban J connectivity index is 1.44. The third-order valence-corrected chi connectivity index (χ3v) is 5.67. The van der Waals surface area contributed by atoms with Gasteiger partial charge in [-0.2, -0.15) is 0 Å². The first-order valence-electron chi connectivity index (χ1n) is 9.69. The number of carbonyl (C=O) groups excluding carboxylic acids is 1. The highest BCUT2D eigenvalue weighted by atomic mass is 16.5.